The second-order valence-corrected chi connectivity index (χ2v) is 7.39. The van der Waals surface area contributed by atoms with Crippen LogP contribution in [0.5, 0.6) is 0 Å². The van der Waals surface area contributed by atoms with E-state index in [-0.39, 0.29) is 12.2 Å². The first kappa shape index (κ1) is 14.0. The Labute approximate surface area is 116 Å². The van der Waals surface area contributed by atoms with Crippen molar-refractivity contribution in [3.05, 3.63) is 28.7 Å². The molecule has 0 spiro atoms. The van der Waals surface area contributed by atoms with Crippen molar-refractivity contribution in [3.63, 3.8) is 0 Å². The molecule has 0 bridgehead atoms. The molecule has 0 saturated carbocycles. The molecule has 1 aromatic carbocycles. The molecule has 1 heterocycles. The molecule has 0 unspecified atom stereocenters. The SMILES string of the molecule is C[C@@H]1CN(S(=O)(=O)c2cccc(Br)c2)C[C@@H](C)O1. The molecule has 0 aliphatic carbocycles. The molecule has 0 amide bonds. The summed E-state index contributed by atoms with van der Waals surface area (Å²) in [5.74, 6) is 0. The Morgan fingerprint density at radius 3 is 2.44 bits per heavy atom. The normalized spacial score (nSPS) is 26.2. The first-order valence-electron chi connectivity index (χ1n) is 5.81. The average Bonchev–Trinajstić information content (AvgIpc) is 2.27. The van der Waals surface area contributed by atoms with Gasteiger partial charge in [0.1, 0.15) is 0 Å². The van der Waals surface area contributed by atoms with Crippen molar-refractivity contribution in [2.45, 2.75) is 31.0 Å². The summed E-state index contributed by atoms with van der Waals surface area (Å²) in [6.07, 6.45) is -0.147. The minimum absolute atomic E-state index is 0.0734. The molecule has 0 N–H and O–H groups in total. The van der Waals surface area contributed by atoms with Crippen LogP contribution in [0.3, 0.4) is 0 Å². The number of benzene rings is 1. The lowest BCUT2D eigenvalue weighted by Crippen LogP contribution is -2.48. The first-order valence-corrected chi connectivity index (χ1v) is 8.04. The van der Waals surface area contributed by atoms with Gasteiger partial charge in [-0.2, -0.15) is 4.31 Å². The Morgan fingerprint density at radius 1 is 1.28 bits per heavy atom. The number of halogens is 1. The molecule has 18 heavy (non-hydrogen) atoms. The predicted octanol–water partition coefficient (Wildman–Crippen LogP) is 2.25. The van der Waals surface area contributed by atoms with Crippen molar-refractivity contribution in [2.75, 3.05) is 13.1 Å². The molecule has 4 nitrogen and oxygen atoms in total. The monoisotopic (exact) mass is 333 g/mol. The van der Waals surface area contributed by atoms with Gasteiger partial charge in [0.2, 0.25) is 10.0 Å². The van der Waals surface area contributed by atoms with E-state index in [2.05, 4.69) is 15.9 Å². The Morgan fingerprint density at radius 2 is 1.89 bits per heavy atom. The van der Waals surface area contributed by atoms with Crippen LogP contribution in [0.1, 0.15) is 13.8 Å². The highest BCUT2D eigenvalue weighted by Crippen LogP contribution is 2.23. The summed E-state index contributed by atoms with van der Waals surface area (Å²) in [6.45, 7) is 4.58. The number of hydrogen-bond donors (Lipinski definition) is 0. The fourth-order valence-electron chi connectivity index (χ4n) is 2.10. The summed E-state index contributed by atoms with van der Waals surface area (Å²) < 4.78 is 32.8. The molecule has 1 aliphatic heterocycles. The maximum absolute atomic E-state index is 12.5. The molecule has 1 aliphatic rings. The van der Waals surface area contributed by atoms with Crippen LogP contribution in [-0.4, -0.2) is 38.0 Å². The lowest BCUT2D eigenvalue weighted by atomic mass is 10.3. The lowest BCUT2D eigenvalue weighted by Gasteiger charge is -2.34. The van der Waals surface area contributed by atoms with Crippen molar-refractivity contribution in [2.24, 2.45) is 0 Å². The van der Waals surface area contributed by atoms with Crippen LogP contribution >= 0.6 is 15.9 Å². The fraction of sp³-hybridized carbons (Fsp3) is 0.500. The number of sulfonamides is 1. The van der Waals surface area contributed by atoms with Crippen LogP contribution in [-0.2, 0) is 14.8 Å². The minimum Gasteiger partial charge on any atom is -0.373 e. The van der Waals surface area contributed by atoms with Gasteiger partial charge in [-0.3, -0.25) is 0 Å². The van der Waals surface area contributed by atoms with Gasteiger partial charge in [0.15, 0.2) is 0 Å². The van der Waals surface area contributed by atoms with Crippen LogP contribution in [0.4, 0.5) is 0 Å². The maximum atomic E-state index is 12.5. The molecule has 100 valence electrons. The molecule has 0 aromatic heterocycles. The molecule has 0 radical (unpaired) electrons. The molecular formula is C12H16BrNO3S. The van der Waals surface area contributed by atoms with Crippen LogP contribution in [0.2, 0.25) is 0 Å². The van der Waals surface area contributed by atoms with E-state index in [1.54, 1.807) is 18.2 Å². The molecule has 2 atom stereocenters. The molecule has 1 fully saturated rings. The molecule has 1 saturated heterocycles. The average molecular weight is 334 g/mol. The van der Waals surface area contributed by atoms with Crippen LogP contribution in [0.25, 0.3) is 0 Å². The van der Waals surface area contributed by atoms with E-state index in [9.17, 15) is 8.42 Å². The van der Waals surface area contributed by atoms with Crippen LogP contribution in [0.15, 0.2) is 33.6 Å². The first-order chi connectivity index (χ1) is 8.39. The van der Waals surface area contributed by atoms with Crippen LogP contribution in [0, 0.1) is 0 Å². The standard InChI is InChI=1S/C12H16BrNO3S/c1-9-7-14(8-10(2)17-9)18(15,16)12-5-3-4-11(13)6-12/h3-6,9-10H,7-8H2,1-2H3/t9-,10-/m1/s1. The van der Waals surface area contributed by atoms with Crippen molar-refractivity contribution in [3.8, 4) is 0 Å². The van der Waals surface area contributed by atoms with Gasteiger partial charge in [-0.05, 0) is 32.0 Å². The molecule has 6 heteroatoms. The van der Waals surface area contributed by atoms with E-state index in [1.165, 1.54) is 4.31 Å². The third-order valence-electron chi connectivity index (χ3n) is 2.82. The highest BCUT2D eigenvalue weighted by molar-refractivity contribution is 9.10. The van der Waals surface area contributed by atoms with Crippen molar-refractivity contribution < 1.29 is 13.2 Å². The number of ether oxygens (including phenoxy) is 1. The Bertz CT molecular complexity index is 522. The zero-order valence-electron chi connectivity index (χ0n) is 10.3. The highest BCUT2D eigenvalue weighted by atomic mass is 79.9. The van der Waals surface area contributed by atoms with Crippen molar-refractivity contribution in [1.82, 2.24) is 4.31 Å². The van der Waals surface area contributed by atoms with Gasteiger partial charge in [0.25, 0.3) is 0 Å². The molecule has 2 rings (SSSR count). The summed E-state index contributed by atoms with van der Waals surface area (Å²) in [5, 5.41) is 0. The summed E-state index contributed by atoms with van der Waals surface area (Å²) in [4.78, 5) is 0.318. The third-order valence-corrected chi connectivity index (χ3v) is 5.14. The van der Waals surface area contributed by atoms with Crippen molar-refractivity contribution in [1.29, 1.82) is 0 Å². The number of morpholine rings is 1. The van der Waals surface area contributed by atoms with E-state index >= 15 is 0 Å². The van der Waals surface area contributed by atoms with Gasteiger partial charge in [0, 0.05) is 17.6 Å². The second-order valence-electron chi connectivity index (χ2n) is 4.54. The van der Waals surface area contributed by atoms with E-state index in [0.29, 0.717) is 18.0 Å². The zero-order valence-corrected chi connectivity index (χ0v) is 12.7. The van der Waals surface area contributed by atoms with Crippen LogP contribution < -0.4 is 0 Å². The second kappa shape index (κ2) is 5.28. The summed E-state index contributed by atoms with van der Waals surface area (Å²) in [7, 11) is -3.43. The lowest BCUT2D eigenvalue weighted by molar-refractivity contribution is -0.0440. The summed E-state index contributed by atoms with van der Waals surface area (Å²) >= 11 is 3.29. The topological polar surface area (TPSA) is 46.6 Å². The number of rotatable bonds is 2. The summed E-state index contributed by atoms with van der Waals surface area (Å²) in [6, 6.07) is 6.78. The quantitative estimate of drug-likeness (QED) is 0.833. The van der Waals surface area contributed by atoms with Gasteiger partial charge >= 0.3 is 0 Å². The molecule has 1 aromatic rings. The largest absolute Gasteiger partial charge is 0.373 e. The van der Waals surface area contributed by atoms with Gasteiger partial charge < -0.3 is 4.74 Å². The van der Waals surface area contributed by atoms with Gasteiger partial charge in [0.05, 0.1) is 17.1 Å². The van der Waals surface area contributed by atoms with Crippen molar-refractivity contribution >= 4 is 26.0 Å². The Balaban J connectivity index is 2.31. The van der Waals surface area contributed by atoms with E-state index in [1.807, 2.05) is 19.9 Å². The van der Waals surface area contributed by atoms with Gasteiger partial charge in [-0.1, -0.05) is 22.0 Å². The number of hydrogen-bond acceptors (Lipinski definition) is 3. The third kappa shape index (κ3) is 2.93. The number of nitrogens with zero attached hydrogens (tertiary/aromatic N) is 1. The van der Waals surface area contributed by atoms with E-state index < -0.39 is 10.0 Å². The zero-order chi connectivity index (χ0) is 13.3. The molecular weight excluding hydrogens is 318 g/mol. The van der Waals surface area contributed by atoms with Gasteiger partial charge in [-0.15, -0.1) is 0 Å². The Hall–Kier alpha value is -0.430. The highest BCUT2D eigenvalue weighted by Gasteiger charge is 2.32. The fourth-order valence-corrected chi connectivity index (χ4v) is 4.29. The predicted molar refractivity (Wildman–Crippen MR) is 72.9 cm³/mol. The maximum Gasteiger partial charge on any atom is 0.243 e. The minimum atomic E-state index is -3.43. The summed E-state index contributed by atoms with van der Waals surface area (Å²) in [5.41, 5.74) is 0. The Kier molecular flexibility index (Phi) is 4.11. The van der Waals surface area contributed by atoms with Gasteiger partial charge in [-0.25, -0.2) is 8.42 Å². The van der Waals surface area contributed by atoms with E-state index in [4.69, 9.17) is 4.74 Å². The smallest absolute Gasteiger partial charge is 0.243 e. The van der Waals surface area contributed by atoms with E-state index in [0.717, 1.165) is 4.47 Å².